The average Bonchev–Trinajstić information content (AvgIpc) is 3.79. The fourth-order valence-corrected chi connectivity index (χ4v) is 9.22. The summed E-state index contributed by atoms with van der Waals surface area (Å²) in [5.41, 5.74) is 16.4. The largest absolute Gasteiger partial charge is 0.352 e. The number of amidine groups is 4. The van der Waals surface area contributed by atoms with Crippen molar-refractivity contribution in [2.75, 3.05) is 0 Å². The molecule has 0 saturated carbocycles. The Morgan fingerprint density at radius 3 is 1.27 bits per heavy atom. The van der Waals surface area contributed by atoms with Crippen molar-refractivity contribution in [3.63, 3.8) is 0 Å². The summed E-state index contributed by atoms with van der Waals surface area (Å²) in [4.78, 5) is 22.3. The van der Waals surface area contributed by atoms with Crippen LogP contribution in [0, 0.1) is 106 Å². The first-order valence-electron chi connectivity index (χ1n) is 17.5. The zero-order valence-electron chi connectivity index (χ0n) is 35.3. The topological polar surface area (TPSA) is 65.3 Å². The van der Waals surface area contributed by atoms with Gasteiger partial charge in [-0.05, 0) is 10.8 Å². The number of aryl methyl sites for hydroxylation is 8. The molecule has 0 bridgehead atoms. The molecule has 0 amide bonds. The predicted molar refractivity (Wildman–Crippen MR) is 194 cm³/mol. The normalized spacial score (nSPS) is 16.4. The molecule has 17 heteroatoms. The van der Waals surface area contributed by atoms with Crippen LogP contribution in [0.15, 0.2) is 20.0 Å². The molecule has 2 aromatic heterocycles. The summed E-state index contributed by atoms with van der Waals surface area (Å²) in [6.45, 7) is 21.4. The van der Waals surface area contributed by atoms with E-state index in [1.807, 2.05) is 0 Å². The SMILES string of the molecule is Cc1[c-]c2c([c-]c1C)C1=[N+]3C2=Nc2c4[c-]c(C)c(C)c(C)c4c4n2C32n3c(c5[c-]c(C)c(C)c(C)c5c3=NC3=[N+]2C(=N4)c2[c-]c(C)c(C)[c-]c23)=N1.[Y].[Y].[Y].[Y].[Y].[Y].[Y].[Y].[Y]. The molecule has 0 aliphatic carbocycles. The van der Waals surface area contributed by atoms with Crippen molar-refractivity contribution in [2.24, 2.45) is 20.0 Å². The standard InChI is InChI=1S/C43H30N8.9Y/c1-17-11-27-28(12-18(17)2)36-45-40-32-16-22(6)24(8)26(10)34(32)42-47-38-30-14-20(4)19(3)13-29(30)37-46-41-33-25(9)23(7)21(5)15-31(33)39-44-35(27)48(36)43(49(37)38,50(39)41)51(40)42;;;;;;;;;/h1-10H3;;;;;;;;;/q-4;;;;;;;;;. The molecule has 1 spiro atoms. The molecule has 6 aliphatic heterocycles. The monoisotopic (exact) mass is 1460 g/mol. The Morgan fingerprint density at radius 1 is 0.383 bits per heavy atom. The van der Waals surface area contributed by atoms with E-state index in [1.165, 1.54) is 22.3 Å². The van der Waals surface area contributed by atoms with Crippen LogP contribution in [0.25, 0.3) is 21.5 Å². The summed E-state index contributed by atoms with van der Waals surface area (Å²) in [5.74, 6) is 3.69. The molecule has 4 aromatic carbocycles. The van der Waals surface area contributed by atoms with Gasteiger partial charge in [-0.3, -0.25) is 9.15 Å². The average molecular weight is 1460 g/mol. The van der Waals surface area contributed by atoms with E-state index in [9.17, 15) is 0 Å². The van der Waals surface area contributed by atoms with Crippen LogP contribution in [-0.2, 0) is 300 Å². The Labute approximate surface area is 576 Å². The first-order valence-corrected chi connectivity index (χ1v) is 17.5. The number of aromatic nitrogens is 2. The van der Waals surface area contributed by atoms with E-state index in [0.29, 0.717) is 0 Å². The quantitative estimate of drug-likeness (QED) is 0.141. The van der Waals surface area contributed by atoms with Crippen molar-refractivity contribution in [1.82, 2.24) is 9.13 Å². The van der Waals surface area contributed by atoms with Crippen LogP contribution >= 0.6 is 0 Å². The van der Waals surface area contributed by atoms with Gasteiger partial charge in [0, 0.05) is 294 Å². The van der Waals surface area contributed by atoms with E-state index in [1.54, 1.807) is 0 Å². The van der Waals surface area contributed by atoms with E-state index in [-0.39, 0.29) is 294 Å². The fraction of sp³-hybridized carbons (Fsp3) is 0.256. The van der Waals surface area contributed by atoms with Gasteiger partial charge in [0.25, 0.3) is 0 Å². The Bertz CT molecular complexity index is 3210. The first-order chi connectivity index (χ1) is 24.4. The molecule has 12 rings (SSSR count). The molecule has 273 valence electrons. The minimum Gasteiger partial charge on any atom is -0.253 e. The van der Waals surface area contributed by atoms with Gasteiger partial charge >= 0.3 is 5.91 Å². The number of hydrogen-bond acceptors (Lipinski definition) is 4. The van der Waals surface area contributed by atoms with Crippen molar-refractivity contribution in [3.8, 4) is 0 Å². The van der Waals surface area contributed by atoms with Crippen LogP contribution in [0.4, 0.5) is 11.6 Å². The summed E-state index contributed by atoms with van der Waals surface area (Å²) in [6.07, 6.45) is 0. The Balaban J connectivity index is 0.00000107. The van der Waals surface area contributed by atoms with Crippen molar-refractivity contribution in [1.29, 1.82) is 0 Å². The van der Waals surface area contributed by atoms with Gasteiger partial charge in [0.15, 0.2) is 11.3 Å². The zero-order chi connectivity index (χ0) is 34.9. The third kappa shape index (κ3) is 7.17. The molecule has 0 N–H and O–H groups in total. The third-order valence-electron chi connectivity index (χ3n) is 12.5. The Kier molecular flexibility index (Phi) is 19.6. The minimum absolute atomic E-state index is 0. The Morgan fingerprint density at radius 2 is 0.783 bits per heavy atom. The van der Waals surface area contributed by atoms with E-state index >= 15 is 0 Å². The van der Waals surface area contributed by atoms with Crippen molar-refractivity contribution >= 4 is 56.5 Å². The third-order valence-corrected chi connectivity index (χ3v) is 12.5. The summed E-state index contributed by atoms with van der Waals surface area (Å²) in [5, 5.41) is 4.02. The van der Waals surface area contributed by atoms with E-state index in [4.69, 9.17) is 20.0 Å². The number of fused-ring (bicyclic) bond motifs is 12. The van der Waals surface area contributed by atoms with Crippen LogP contribution in [0.2, 0.25) is 0 Å². The second-order valence-electron chi connectivity index (χ2n) is 15.0. The predicted octanol–water partition coefficient (Wildman–Crippen LogP) is 5.57. The second kappa shape index (κ2) is 20.1. The van der Waals surface area contributed by atoms with Gasteiger partial charge in [-0.1, -0.05) is 80.0 Å². The van der Waals surface area contributed by atoms with Gasteiger partial charge in [0.2, 0.25) is 0 Å². The van der Waals surface area contributed by atoms with Crippen LogP contribution in [-0.4, -0.2) is 41.6 Å². The molecule has 1 atom stereocenters. The zero-order valence-corrected chi connectivity index (χ0v) is 60.8. The smallest absolute Gasteiger partial charge is 0.253 e. The van der Waals surface area contributed by atoms with Crippen LogP contribution < -0.4 is 11.0 Å². The first kappa shape index (κ1) is 58.5. The van der Waals surface area contributed by atoms with Gasteiger partial charge < -0.3 is 0 Å². The van der Waals surface area contributed by atoms with Crippen molar-refractivity contribution in [2.45, 2.75) is 75.1 Å². The van der Waals surface area contributed by atoms with Gasteiger partial charge in [-0.15, -0.1) is 45.5 Å². The van der Waals surface area contributed by atoms with Gasteiger partial charge in [-0.2, -0.15) is 42.2 Å². The molecule has 8 heterocycles. The molecular weight excluding hydrogens is 1430 g/mol. The molecular formula is C43H30N8Y9-4. The molecule has 60 heavy (non-hydrogen) atoms. The molecule has 6 aliphatic rings. The van der Waals surface area contributed by atoms with E-state index in [2.05, 4.69) is 124 Å². The van der Waals surface area contributed by atoms with Crippen molar-refractivity contribution < 1.29 is 304 Å². The molecule has 1 unspecified atom stereocenters. The maximum absolute atomic E-state index is 5.60. The number of hydrogen-bond donors (Lipinski definition) is 0. The summed E-state index contributed by atoms with van der Waals surface area (Å²) >= 11 is 0. The maximum atomic E-state index is 5.60. The molecule has 9 radical (unpaired) electrons. The second-order valence-corrected chi connectivity index (χ2v) is 15.0. The van der Waals surface area contributed by atoms with E-state index in [0.717, 1.165) is 123 Å². The number of benzene rings is 4. The van der Waals surface area contributed by atoms with Crippen molar-refractivity contribution in [3.05, 3.63) is 125 Å². The summed E-state index contributed by atoms with van der Waals surface area (Å²) in [6, 6.07) is 22.5. The number of nitrogens with zero attached hydrogens (tertiary/aromatic N) is 8. The number of rotatable bonds is 0. The molecule has 0 saturated heterocycles. The van der Waals surface area contributed by atoms with Gasteiger partial charge in [-0.25, -0.2) is 55.7 Å². The minimum atomic E-state index is -1.11. The summed E-state index contributed by atoms with van der Waals surface area (Å²) in [7, 11) is 0. The maximum Gasteiger partial charge on any atom is 0.352 e. The van der Waals surface area contributed by atoms with Crippen LogP contribution in [0.5, 0.6) is 0 Å². The number of aliphatic imine (C=N–C) groups is 2. The van der Waals surface area contributed by atoms with E-state index < -0.39 is 5.91 Å². The van der Waals surface area contributed by atoms with Crippen LogP contribution in [0.1, 0.15) is 77.9 Å². The molecule has 0 fully saturated rings. The fourth-order valence-electron chi connectivity index (χ4n) is 9.22. The van der Waals surface area contributed by atoms with Crippen LogP contribution in [0.3, 0.4) is 0 Å². The summed E-state index contributed by atoms with van der Waals surface area (Å²) < 4.78 is 9.25. The van der Waals surface area contributed by atoms with Gasteiger partial charge in [0.05, 0.1) is 0 Å². The van der Waals surface area contributed by atoms with Gasteiger partial charge in [0.1, 0.15) is 34.6 Å². The Hall–Kier alpha value is 4.18. The molecule has 8 nitrogen and oxygen atoms in total. The molecule has 6 aromatic rings.